The van der Waals surface area contributed by atoms with Gasteiger partial charge < -0.3 is 5.32 Å². The summed E-state index contributed by atoms with van der Waals surface area (Å²) in [6, 6.07) is 0.853. The highest BCUT2D eigenvalue weighted by atomic mass is 15.0. The van der Waals surface area contributed by atoms with Gasteiger partial charge in [0.1, 0.15) is 0 Å². The van der Waals surface area contributed by atoms with Gasteiger partial charge in [-0.3, -0.25) is 0 Å². The first-order chi connectivity index (χ1) is 6.65. The lowest BCUT2D eigenvalue weighted by Gasteiger charge is -2.39. The predicted octanol–water partition coefficient (Wildman–Crippen LogP) is 3.20. The van der Waals surface area contributed by atoms with Gasteiger partial charge in [0.2, 0.25) is 0 Å². The summed E-state index contributed by atoms with van der Waals surface area (Å²) < 4.78 is 0. The average Bonchev–Trinajstić information content (AvgIpc) is 2.82. The summed E-state index contributed by atoms with van der Waals surface area (Å²) in [5.74, 6) is 1.90. The van der Waals surface area contributed by atoms with Gasteiger partial charge in [-0.1, -0.05) is 20.8 Å². The van der Waals surface area contributed by atoms with Gasteiger partial charge in [0.05, 0.1) is 0 Å². The van der Waals surface area contributed by atoms with Crippen LogP contribution in [0.4, 0.5) is 0 Å². The summed E-state index contributed by atoms with van der Waals surface area (Å²) in [5, 5.41) is 3.76. The van der Waals surface area contributed by atoms with Crippen LogP contribution in [0.3, 0.4) is 0 Å². The molecule has 1 N–H and O–H groups in total. The fraction of sp³-hybridized carbons (Fsp3) is 1.00. The van der Waals surface area contributed by atoms with Gasteiger partial charge in [0.25, 0.3) is 0 Å². The van der Waals surface area contributed by atoms with Gasteiger partial charge in [-0.25, -0.2) is 0 Å². The molecule has 0 amide bonds. The summed E-state index contributed by atoms with van der Waals surface area (Å²) in [4.78, 5) is 0. The van der Waals surface area contributed by atoms with E-state index in [4.69, 9.17) is 0 Å². The molecule has 0 aliphatic heterocycles. The first-order valence-electron chi connectivity index (χ1n) is 6.38. The second-order valence-corrected chi connectivity index (χ2v) is 5.91. The molecule has 2 rings (SSSR count). The van der Waals surface area contributed by atoms with Crippen LogP contribution in [0.5, 0.6) is 0 Å². The van der Waals surface area contributed by atoms with E-state index in [1.165, 1.54) is 38.6 Å². The number of nitrogens with one attached hydrogen (secondary N) is 1. The maximum Gasteiger partial charge on any atom is 0.00727 e. The quantitative estimate of drug-likeness (QED) is 0.710. The first-order valence-corrected chi connectivity index (χ1v) is 6.38. The smallest absolute Gasteiger partial charge is 0.00727 e. The number of hydrogen-bond acceptors (Lipinski definition) is 1. The molecule has 0 atom stereocenters. The Morgan fingerprint density at radius 3 is 2.36 bits per heavy atom. The Bertz CT molecular complexity index is 187. The monoisotopic (exact) mass is 195 g/mol. The van der Waals surface area contributed by atoms with E-state index in [1.54, 1.807) is 0 Å². The van der Waals surface area contributed by atoms with Crippen LogP contribution in [-0.4, -0.2) is 12.6 Å². The van der Waals surface area contributed by atoms with Gasteiger partial charge in [-0.2, -0.15) is 0 Å². The molecule has 1 heteroatoms. The molecule has 2 fully saturated rings. The largest absolute Gasteiger partial charge is 0.313 e. The van der Waals surface area contributed by atoms with E-state index in [-0.39, 0.29) is 0 Å². The molecule has 82 valence electrons. The van der Waals surface area contributed by atoms with E-state index in [0.717, 1.165) is 23.3 Å². The molecule has 0 radical (unpaired) electrons. The normalized spacial score (nSPS) is 34.3. The molecule has 2 aliphatic carbocycles. The third-order valence-corrected chi connectivity index (χ3v) is 4.59. The van der Waals surface area contributed by atoms with Crippen molar-refractivity contribution in [3.63, 3.8) is 0 Å². The predicted molar refractivity (Wildman–Crippen MR) is 61.3 cm³/mol. The molecule has 0 saturated heterocycles. The summed E-state index contributed by atoms with van der Waals surface area (Å²) in [7, 11) is 0. The van der Waals surface area contributed by atoms with Crippen LogP contribution in [0.1, 0.15) is 52.9 Å². The first kappa shape index (κ1) is 10.5. The van der Waals surface area contributed by atoms with Gasteiger partial charge in [-0.15, -0.1) is 0 Å². The van der Waals surface area contributed by atoms with E-state index in [2.05, 4.69) is 26.1 Å². The van der Waals surface area contributed by atoms with Gasteiger partial charge in [-0.05, 0) is 49.4 Å². The fourth-order valence-corrected chi connectivity index (χ4v) is 2.57. The molecule has 0 aromatic carbocycles. The molecule has 0 unspecified atom stereocenters. The lowest BCUT2D eigenvalue weighted by atomic mass is 9.73. The summed E-state index contributed by atoms with van der Waals surface area (Å²) >= 11 is 0. The van der Waals surface area contributed by atoms with Crippen molar-refractivity contribution in [2.24, 2.45) is 17.3 Å². The second kappa shape index (κ2) is 3.84. The minimum atomic E-state index is 0.725. The molecule has 0 heterocycles. The Morgan fingerprint density at radius 1 is 1.29 bits per heavy atom. The van der Waals surface area contributed by atoms with E-state index in [0.29, 0.717) is 0 Å². The summed E-state index contributed by atoms with van der Waals surface area (Å²) in [5.41, 5.74) is 0.725. The Kier molecular flexibility index (Phi) is 2.88. The topological polar surface area (TPSA) is 12.0 Å². The highest BCUT2D eigenvalue weighted by Crippen LogP contribution is 2.48. The van der Waals surface area contributed by atoms with Crippen LogP contribution in [0.25, 0.3) is 0 Å². The zero-order chi connectivity index (χ0) is 10.2. The lowest BCUT2D eigenvalue weighted by Crippen LogP contribution is -2.45. The van der Waals surface area contributed by atoms with Gasteiger partial charge in [0, 0.05) is 12.6 Å². The third kappa shape index (κ3) is 2.13. The summed E-state index contributed by atoms with van der Waals surface area (Å²) in [6.07, 6.45) is 7.17. The van der Waals surface area contributed by atoms with Crippen LogP contribution < -0.4 is 5.32 Å². The molecule has 2 saturated carbocycles. The molecular weight excluding hydrogens is 170 g/mol. The van der Waals surface area contributed by atoms with Crippen molar-refractivity contribution in [1.82, 2.24) is 5.32 Å². The zero-order valence-electron chi connectivity index (χ0n) is 9.97. The highest BCUT2D eigenvalue weighted by molar-refractivity contribution is 4.96. The Morgan fingerprint density at radius 2 is 1.93 bits per heavy atom. The molecule has 0 aromatic heterocycles. The maximum atomic E-state index is 3.76. The summed E-state index contributed by atoms with van der Waals surface area (Å²) in [6.45, 7) is 8.34. The maximum absolute atomic E-state index is 3.76. The molecule has 0 spiro atoms. The number of rotatable bonds is 5. The molecule has 14 heavy (non-hydrogen) atoms. The fourth-order valence-electron chi connectivity index (χ4n) is 2.57. The van der Waals surface area contributed by atoms with Crippen molar-refractivity contribution >= 4 is 0 Å². The SMILES string of the molecule is CCC1(CNC2CC(C(C)C)C2)CC1. The molecular formula is C13H25N. The molecule has 0 aromatic rings. The second-order valence-electron chi connectivity index (χ2n) is 5.91. The average molecular weight is 195 g/mol. The zero-order valence-corrected chi connectivity index (χ0v) is 9.97. The third-order valence-electron chi connectivity index (χ3n) is 4.59. The van der Waals surface area contributed by atoms with Crippen LogP contribution in [0.15, 0.2) is 0 Å². The van der Waals surface area contributed by atoms with Crippen LogP contribution in [-0.2, 0) is 0 Å². The molecule has 2 aliphatic rings. The molecule has 1 nitrogen and oxygen atoms in total. The lowest BCUT2D eigenvalue weighted by molar-refractivity contribution is 0.161. The van der Waals surface area contributed by atoms with Crippen LogP contribution >= 0.6 is 0 Å². The number of hydrogen-bond donors (Lipinski definition) is 1. The van der Waals surface area contributed by atoms with E-state index >= 15 is 0 Å². The van der Waals surface area contributed by atoms with Crippen molar-refractivity contribution in [1.29, 1.82) is 0 Å². The van der Waals surface area contributed by atoms with Gasteiger partial charge in [0.15, 0.2) is 0 Å². The van der Waals surface area contributed by atoms with Gasteiger partial charge >= 0.3 is 0 Å². The van der Waals surface area contributed by atoms with Crippen LogP contribution in [0.2, 0.25) is 0 Å². The minimum Gasteiger partial charge on any atom is -0.313 e. The van der Waals surface area contributed by atoms with Crippen molar-refractivity contribution in [3.8, 4) is 0 Å². The standard InChI is InChI=1S/C13H25N/c1-4-13(5-6-13)9-14-12-7-11(8-12)10(2)3/h10-12,14H,4-9H2,1-3H3. The Hall–Kier alpha value is -0.0400. The van der Waals surface area contributed by atoms with Crippen molar-refractivity contribution in [2.45, 2.75) is 58.9 Å². The Labute approximate surface area is 88.7 Å². The van der Waals surface area contributed by atoms with Crippen molar-refractivity contribution < 1.29 is 0 Å². The van der Waals surface area contributed by atoms with E-state index < -0.39 is 0 Å². The van der Waals surface area contributed by atoms with E-state index in [1.807, 2.05) is 0 Å². The minimum absolute atomic E-state index is 0.725. The van der Waals surface area contributed by atoms with Crippen molar-refractivity contribution in [3.05, 3.63) is 0 Å². The highest BCUT2D eigenvalue weighted by Gasteiger charge is 2.41. The van der Waals surface area contributed by atoms with Crippen molar-refractivity contribution in [2.75, 3.05) is 6.54 Å². The van der Waals surface area contributed by atoms with Crippen LogP contribution in [0, 0.1) is 17.3 Å². The molecule has 0 bridgehead atoms. The van der Waals surface area contributed by atoms with E-state index in [9.17, 15) is 0 Å². The Balaban J connectivity index is 1.61.